The molecule has 5 rings (SSSR count). The molecule has 4 bridgehead atoms. The van der Waals surface area contributed by atoms with E-state index in [-0.39, 0.29) is 0 Å². The molecular weight excluding hydrogens is 240 g/mol. The summed E-state index contributed by atoms with van der Waals surface area (Å²) >= 11 is 1.79. The molecule has 4 fully saturated rings. The maximum absolute atomic E-state index is 6.13. The molecule has 18 heavy (non-hydrogen) atoms. The van der Waals surface area contributed by atoms with Crippen molar-refractivity contribution in [2.75, 3.05) is 5.73 Å². The van der Waals surface area contributed by atoms with Crippen molar-refractivity contribution in [3.63, 3.8) is 0 Å². The lowest BCUT2D eigenvalue weighted by Gasteiger charge is -2.56. The van der Waals surface area contributed by atoms with Gasteiger partial charge in [-0.05, 0) is 62.7 Å². The zero-order valence-corrected chi connectivity index (χ0v) is 11.9. The Morgan fingerprint density at radius 1 is 1.17 bits per heavy atom. The van der Waals surface area contributed by atoms with Crippen LogP contribution >= 0.6 is 11.3 Å². The first-order chi connectivity index (χ1) is 8.68. The zero-order valence-electron chi connectivity index (χ0n) is 11.1. The number of nitrogen functional groups attached to an aromatic ring is 1. The smallest absolute Gasteiger partial charge is 0.109 e. The predicted molar refractivity (Wildman–Crippen MR) is 75.8 cm³/mol. The number of hydrogen-bond acceptors (Lipinski definition) is 3. The molecule has 0 atom stereocenters. The number of thiazole rings is 1. The van der Waals surface area contributed by atoms with Gasteiger partial charge >= 0.3 is 0 Å². The summed E-state index contributed by atoms with van der Waals surface area (Å²) in [6.45, 7) is 2.16. The fraction of sp³-hybridized carbons (Fsp3) is 0.800. The van der Waals surface area contributed by atoms with Crippen LogP contribution in [-0.2, 0) is 11.8 Å². The van der Waals surface area contributed by atoms with Gasteiger partial charge in [0.05, 0.1) is 5.69 Å². The van der Waals surface area contributed by atoms with Crippen molar-refractivity contribution in [1.29, 1.82) is 0 Å². The van der Waals surface area contributed by atoms with Crippen molar-refractivity contribution in [2.24, 2.45) is 17.8 Å². The molecule has 3 heteroatoms. The first kappa shape index (κ1) is 11.3. The lowest BCUT2D eigenvalue weighted by atomic mass is 9.50. The van der Waals surface area contributed by atoms with Gasteiger partial charge in [-0.2, -0.15) is 0 Å². The molecule has 0 radical (unpaired) electrons. The Kier molecular flexibility index (Phi) is 2.33. The molecule has 1 aromatic rings. The van der Waals surface area contributed by atoms with Crippen LogP contribution in [0.2, 0.25) is 0 Å². The number of hydrogen-bond donors (Lipinski definition) is 1. The molecule has 1 heterocycles. The second-order valence-electron chi connectivity index (χ2n) is 6.88. The van der Waals surface area contributed by atoms with Crippen molar-refractivity contribution < 1.29 is 0 Å². The van der Waals surface area contributed by atoms with E-state index in [1.165, 1.54) is 43.5 Å². The zero-order chi connectivity index (χ0) is 12.3. The Balaban J connectivity index is 1.74. The highest BCUT2D eigenvalue weighted by atomic mass is 32.1. The highest BCUT2D eigenvalue weighted by molar-refractivity contribution is 7.15. The fourth-order valence-corrected chi connectivity index (χ4v) is 6.35. The minimum absolute atomic E-state index is 0.432. The summed E-state index contributed by atoms with van der Waals surface area (Å²) in [5, 5.41) is 2.36. The second kappa shape index (κ2) is 3.72. The number of rotatable bonds is 2. The number of nitrogens with two attached hydrogens (primary N) is 1. The molecule has 4 aliphatic carbocycles. The largest absolute Gasteiger partial charge is 0.389 e. The van der Waals surface area contributed by atoms with Crippen molar-refractivity contribution in [2.45, 2.75) is 57.3 Å². The molecular formula is C15H22N2S. The lowest BCUT2D eigenvalue weighted by Crippen LogP contribution is -2.48. The molecule has 4 aliphatic rings. The topological polar surface area (TPSA) is 38.9 Å². The Labute approximate surface area is 113 Å². The molecule has 98 valence electrons. The summed E-state index contributed by atoms with van der Waals surface area (Å²) in [7, 11) is 0. The van der Waals surface area contributed by atoms with Crippen LogP contribution < -0.4 is 5.73 Å². The lowest BCUT2D eigenvalue weighted by molar-refractivity contribution is -0.00533. The number of nitrogens with zero attached hydrogens (tertiary/aromatic N) is 1. The Morgan fingerprint density at radius 3 is 2.17 bits per heavy atom. The van der Waals surface area contributed by atoms with Crippen LogP contribution in [0.1, 0.15) is 56.2 Å². The summed E-state index contributed by atoms with van der Waals surface area (Å²) in [4.78, 5) is 4.91. The molecule has 2 N–H and O–H groups in total. The molecule has 2 nitrogen and oxygen atoms in total. The van der Waals surface area contributed by atoms with Crippen molar-refractivity contribution >= 4 is 16.3 Å². The van der Waals surface area contributed by atoms with Crippen molar-refractivity contribution in [3.05, 3.63) is 10.7 Å². The SMILES string of the molecule is CCc1nc(C23CC4CC(CC(C4)C2)C3)sc1N. The van der Waals surface area contributed by atoms with E-state index in [9.17, 15) is 0 Å². The minimum Gasteiger partial charge on any atom is -0.389 e. The van der Waals surface area contributed by atoms with Gasteiger partial charge < -0.3 is 5.73 Å². The van der Waals surface area contributed by atoms with Crippen LogP contribution in [0, 0.1) is 17.8 Å². The maximum Gasteiger partial charge on any atom is 0.109 e. The van der Waals surface area contributed by atoms with Crippen LogP contribution in [-0.4, -0.2) is 4.98 Å². The van der Waals surface area contributed by atoms with Crippen LogP contribution in [0.5, 0.6) is 0 Å². The van der Waals surface area contributed by atoms with Crippen LogP contribution in [0.15, 0.2) is 0 Å². The highest BCUT2D eigenvalue weighted by Gasteiger charge is 2.53. The third-order valence-electron chi connectivity index (χ3n) is 5.55. The van der Waals surface area contributed by atoms with E-state index < -0.39 is 0 Å². The average molecular weight is 262 g/mol. The molecule has 0 saturated heterocycles. The van der Waals surface area contributed by atoms with Crippen LogP contribution in [0.4, 0.5) is 5.00 Å². The van der Waals surface area contributed by atoms with Crippen LogP contribution in [0.3, 0.4) is 0 Å². The molecule has 0 unspecified atom stereocenters. The first-order valence-electron chi connectivity index (χ1n) is 7.44. The molecule has 1 aromatic heterocycles. The average Bonchev–Trinajstić information content (AvgIpc) is 2.69. The summed E-state index contributed by atoms with van der Waals surface area (Å²) in [6, 6.07) is 0. The van der Waals surface area contributed by atoms with Gasteiger partial charge in [-0.25, -0.2) is 4.98 Å². The minimum atomic E-state index is 0.432. The third kappa shape index (κ3) is 1.49. The summed E-state index contributed by atoms with van der Waals surface area (Å²) in [5.74, 6) is 2.98. The Hall–Kier alpha value is -0.570. The van der Waals surface area contributed by atoms with E-state index in [1.54, 1.807) is 11.3 Å². The molecule has 4 saturated carbocycles. The fourth-order valence-electron chi connectivity index (χ4n) is 5.22. The monoisotopic (exact) mass is 262 g/mol. The predicted octanol–water partition coefficient (Wildman–Crippen LogP) is 3.76. The number of anilines is 1. The standard InChI is InChI=1S/C15H22N2S/c1-2-12-13(16)18-14(17-12)15-6-9-3-10(7-15)5-11(4-9)8-15/h9-11H,2-8,16H2,1H3. The Bertz CT molecular complexity index is 442. The first-order valence-corrected chi connectivity index (χ1v) is 8.26. The van der Waals surface area contributed by atoms with Gasteiger partial charge in [-0.3, -0.25) is 0 Å². The van der Waals surface area contributed by atoms with E-state index in [2.05, 4.69) is 6.92 Å². The van der Waals surface area contributed by atoms with Gasteiger partial charge in [0.1, 0.15) is 10.0 Å². The summed E-state index contributed by atoms with van der Waals surface area (Å²) in [5.41, 5.74) is 7.70. The van der Waals surface area contributed by atoms with Gasteiger partial charge in [0.2, 0.25) is 0 Å². The van der Waals surface area contributed by atoms with E-state index >= 15 is 0 Å². The van der Waals surface area contributed by atoms with Gasteiger partial charge in [0, 0.05) is 5.41 Å². The molecule has 0 amide bonds. The van der Waals surface area contributed by atoms with E-state index in [4.69, 9.17) is 10.7 Å². The van der Waals surface area contributed by atoms with Gasteiger partial charge in [-0.15, -0.1) is 11.3 Å². The van der Waals surface area contributed by atoms with Gasteiger partial charge in [0.15, 0.2) is 0 Å². The second-order valence-corrected chi connectivity index (χ2v) is 7.91. The van der Waals surface area contributed by atoms with E-state index in [0.717, 1.165) is 34.9 Å². The number of aromatic nitrogens is 1. The van der Waals surface area contributed by atoms with Crippen LogP contribution in [0.25, 0.3) is 0 Å². The summed E-state index contributed by atoms with van der Waals surface area (Å²) in [6.07, 6.45) is 9.68. The van der Waals surface area contributed by atoms with Crippen molar-refractivity contribution in [1.82, 2.24) is 4.98 Å². The number of aryl methyl sites for hydroxylation is 1. The van der Waals surface area contributed by atoms with E-state index in [0.29, 0.717) is 5.41 Å². The Morgan fingerprint density at radius 2 is 1.72 bits per heavy atom. The molecule has 0 aliphatic heterocycles. The third-order valence-corrected chi connectivity index (χ3v) is 6.73. The quantitative estimate of drug-likeness (QED) is 0.881. The highest BCUT2D eigenvalue weighted by Crippen LogP contribution is 2.61. The van der Waals surface area contributed by atoms with Gasteiger partial charge in [0.25, 0.3) is 0 Å². The normalized spacial score (nSPS) is 41.5. The van der Waals surface area contributed by atoms with Gasteiger partial charge in [-0.1, -0.05) is 6.92 Å². The van der Waals surface area contributed by atoms with Crippen molar-refractivity contribution in [3.8, 4) is 0 Å². The van der Waals surface area contributed by atoms with E-state index in [1.807, 2.05) is 0 Å². The molecule has 0 spiro atoms. The maximum atomic E-state index is 6.13. The molecule has 0 aromatic carbocycles. The summed E-state index contributed by atoms with van der Waals surface area (Å²) < 4.78 is 0.